The third kappa shape index (κ3) is 4.39. The number of benzene rings is 1. The van der Waals surface area contributed by atoms with E-state index in [1.54, 1.807) is 0 Å². The van der Waals surface area contributed by atoms with Crippen LogP contribution in [-0.2, 0) is 0 Å². The Kier molecular flexibility index (Phi) is 4.87. The number of nitrogens with zero attached hydrogens (tertiary/aromatic N) is 1. The van der Waals surface area contributed by atoms with Crippen LogP contribution in [0, 0.1) is 6.92 Å². The summed E-state index contributed by atoms with van der Waals surface area (Å²) >= 11 is 0. The zero-order valence-corrected chi connectivity index (χ0v) is 10.9. The normalized spacial score (nSPS) is 17.7. The first kappa shape index (κ1) is 12.4. The number of hydrogen-bond donors (Lipinski definition) is 1. The average molecular weight is 232 g/mol. The predicted molar refractivity (Wildman–Crippen MR) is 74.6 cm³/mol. The molecular formula is C15H24N2. The fourth-order valence-electron chi connectivity index (χ4n) is 2.47. The van der Waals surface area contributed by atoms with Crippen molar-refractivity contribution in [2.24, 2.45) is 0 Å². The Morgan fingerprint density at radius 2 is 1.88 bits per heavy atom. The third-order valence-corrected chi connectivity index (χ3v) is 3.47. The molecule has 0 amide bonds. The lowest BCUT2D eigenvalue weighted by molar-refractivity contribution is 0.296. The highest BCUT2D eigenvalue weighted by Crippen LogP contribution is 2.11. The van der Waals surface area contributed by atoms with Crippen molar-refractivity contribution in [1.29, 1.82) is 0 Å². The summed E-state index contributed by atoms with van der Waals surface area (Å²) < 4.78 is 0. The molecule has 1 aliphatic heterocycles. The molecule has 0 saturated carbocycles. The van der Waals surface area contributed by atoms with Crippen LogP contribution in [0.1, 0.15) is 31.2 Å². The summed E-state index contributed by atoms with van der Waals surface area (Å²) in [5.41, 5.74) is 2.57. The quantitative estimate of drug-likeness (QED) is 0.857. The molecule has 1 saturated heterocycles. The Labute approximate surface area is 105 Å². The van der Waals surface area contributed by atoms with Crippen LogP contribution in [-0.4, -0.2) is 31.1 Å². The maximum Gasteiger partial charge on any atom is 0.0343 e. The van der Waals surface area contributed by atoms with Crippen molar-refractivity contribution in [2.45, 2.75) is 32.6 Å². The summed E-state index contributed by atoms with van der Waals surface area (Å²) in [6.45, 7) is 6.95. The topological polar surface area (TPSA) is 15.3 Å². The SMILES string of the molecule is Cc1cccc(NCCN2CCCCCC2)c1. The Bertz CT molecular complexity index is 327. The minimum Gasteiger partial charge on any atom is -0.384 e. The van der Waals surface area contributed by atoms with E-state index in [1.165, 1.54) is 56.6 Å². The fourth-order valence-corrected chi connectivity index (χ4v) is 2.47. The number of anilines is 1. The number of hydrogen-bond acceptors (Lipinski definition) is 2. The number of nitrogens with one attached hydrogen (secondary N) is 1. The van der Waals surface area contributed by atoms with Gasteiger partial charge in [-0.2, -0.15) is 0 Å². The minimum absolute atomic E-state index is 1.06. The minimum atomic E-state index is 1.06. The molecule has 0 atom stereocenters. The molecule has 1 fully saturated rings. The van der Waals surface area contributed by atoms with E-state index >= 15 is 0 Å². The molecule has 0 bridgehead atoms. The molecule has 1 N–H and O–H groups in total. The molecule has 1 heterocycles. The van der Waals surface area contributed by atoms with Gasteiger partial charge in [0.05, 0.1) is 0 Å². The van der Waals surface area contributed by atoms with Crippen molar-refractivity contribution in [3.05, 3.63) is 29.8 Å². The number of rotatable bonds is 4. The van der Waals surface area contributed by atoms with E-state index in [0.29, 0.717) is 0 Å². The third-order valence-electron chi connectivity index (χ3n) is 3.47. The lowest BCUT2D eigenvalue weighted by Crippen LogP contribution is -2.29. The zero-order chi connectivity index (χ0) is 11.9. The van der Waals surface area contributed by atoms with Gasteiger partial charge in [0.25, 0.3) is 0 Å². The van der Waals surface area contributed by atoms with Gasteiger partial charge < -0.3 is 10.2 Å². The van der Waals surface area contributed by atoms with E-state index in [-0.39, 0.29) is 0 Å². The van der Waals surface area contributed by atoms with Gasteiger partial charge in [-0.1, -0.05) is 25.0 Å². The first-order valence-electron chi connectivity index (χ1n) is 6.87. The molecule has 0 aliphatic carbocycles. The molecule has 2 nitrogen and oxygen atoms in total. The van der Waals surface area contributed by atoms with Crippen LogP contribution in [0.15, 0.2) is 24.3 Å². The van der Waals surface area contributed by atoms with Gasteiger partial charge in [0.1, 0.15) is 0 Å². The van der Waals surface area contributed by atoms with E-state index in [4.69, 9.17) is 0 Å². The largest absolute Gasteiger partial charge is 0.384 e. The van der Waals surface area contributed by atoms with E-state index in [0.717, 1.165) is 6.54 Å². The van der Waals surface area contributed by atoms with E-state index < -0.39 is 0 Å². The second-order valence-corrected chi connectivity index (χ2v) is 5.05. The molecule has 0 radical (unpaired) electrons. The Morgan fingerprint density at radius 1 is 1.12 bits per heavy atom. The molecule has 94 valence electrons. The summed E-state index contributed by atoms with van der Waals surface area (Å²) in [5, 5.41) is 3.51. The van der Waals surface area contributed by atoms with Crippen LogP contribution >= 0.6 is 0 Å². The van der Waals surface area contributed by atoms with Crippen molar-refractivity contribution < 1.29 is 0 Å². The smallest absolute Gasteiger partial charge is 0.0343 e. The molecule has 1 aromatic rings. The first-order chi connectivity index (χ1) is 8.34. The number of likely N-dealkylation sites (tertiary alicyclic amines) is 1. The molecule has 1 aliphatic rings. The summed E-state index contributed by atoms with van der Waals surface area (Å²) in [6, 6.07) is 8.61. The zero-order valence-electron chi connectivity index (χ0n) is 10.9. The average Bonchev–Trinajstić information content (AvgIpc) is 2.58. The molecule has 0 aromatic heterocycles. The predicted octanol–water partition coefficient (Wildman–Crippen LogP) is 3.28. The highest BCUT2D eigenvalue weighted by molar-refractivity contribution is 5.45. The van der Waals surface area contributed by atoms with E-state index in [2.05, 4.69) is 41.4 Å². The van der Waals surface area contributed by atoms with E-state index in [9.17, 15) is 0 Å². The molecule has 2 heteroatoms. The summed E-state index contributed by atoms with van der Waals surface area (Å²) in [7, 11) is 0. The van der Waals surface area contributed by atoms with Crippen LogP contribution in [0.2, 0.25) is 0 Å². The molecule has 2 rings (SSSR count). The Balaban J connectivity index is 1.71. The summed E-state index contributed by atoms with van der Waals surface area (Å²) in [6.07, 6.45) is 5.60. The van der Waals surface area contributed by atoms with Gasteiger partial charge >= 0.3 is 0 Å². The molecule has 1 aromatic carbocycles. The van der Waals surface area contributed by atoms with Crippen LogP contribution in [0.5, 0.6) is 0 Å². The van der Waals surface area contributed by atoms with Gasteiger partial charge in [0.15, 0.2) is 0 Å². The second kappa shape index (κ2) is 6.65. The van der Waals surface area contributed by atoms with Gasteiger partial charge in [-0.05, 0) is 50.6 Å². The summed E-state index contributed by atoms with van der Waals surface area (Å²) in [5.74, 6) is 0. The Morgan fingerprint density at radius 3 is 2.59 bits per heavy atom. The van der Waals surface area contributed by atoms with Gasteiger partial charge in [0.2, 0.25) is 0 Å². The van der Waals surface area contributed by atoms with Crippen molar-refractivity contribution in [3.8, 4) is 0 Å². The molecule has 17 heavy (non-hydrogen) atoms. The molecule has 0 unspecified atom stereocenters. The summed E-state index contributed by atoms with van der Waals surface area (Å²) in [4.78, 5) is 2.59. The van der Waals surface area contributed by atoms with Gasteiger partial charge in [0, 0.05) is 18.8 Å². The highest BCUT2D eigenvalue weighted by atomic mass is 15.1. The maximum atomic E-state index is 3.51. The van der Waals surface area contributed by atoms with Crippen molar-refractivity contribution in [1.82, 2.24) is 4.90 Å². The van der Waals surface area contributed by atoms with Crippen LogP contribution < -0.4 is 5.32 Å². The van der Waals surface area contributed by atoms with Gasteiger partial charge in [-0.3, -0.25) is 0 Å². The second-order valence-electron chi connectivity index (χ2n) is 5.05. The number of aryl methyl sites for hydroxylation is 1. The standard InChI is InChI=1S/C15H24N2/c1-14-7-6-8-15(13-14)16-9-12-17-10-4-2-3-5-11-17/h6-8,13,16H,2-5,9-12H2,1H3. The van der Waals surface area contributed by atoms with Crippen molar-refractivity contribution >= 4 is 5.69 Å². The lowest BCUT2D eigenvalue weighted by Gasteiger charge is -2.20. The monoisotopic (exact) mass is 232 g/mol. The fraction of sp³-hybridized carbons (Fsp3) is 0.600. The lowest BCUT2D eigenvalue weighted by atomic mass is 10.2. The molecular weight excluding hydrogens is 208 g/mol. The first-order valence-corrected chi connectivity index (χ1v) is 6.87. The van der Waals surface area contributed by atoms with Gasteiger partial charge in [-0.25, -0.2) is 0 Å². The van der Waals surface area contributed by atoms with Crippen molar-refractivity contribution in [2.75, 3.05) is 31.5 Å². The van der Waals surface area contributed by atoms with Crippen LogP contribution in [0.25, 0.3) is 0 Å². The van der Waals surface area contributed by atoms with Crippen LogP contribution in [0.3, 0.4) is 0 Å². The highest BCUT2D eigenvalue weighted by Gasteiger charge is 2.07. The van der Waals surface area contributed by atoms with Crippen molar-refractivity contribution in [3.63, 3.8) is 0 Å². The maximum absolute atomic E-state index is 3.51. The molecule has 0 spiro atoms. The Hall–Kier alpha value is -1.02. The van der Waals surface area contributed by atoms with Crippen LogP contribution in [0.4, 0.5) is 5.69 Å². The van der Waals surface area contributed by atoms with E-state index in [1.807, 2.05) is 0 Å². The van der Waals surface area contributed by atoms with Gasteiger partial charge in [-0.15, -0.1) is 0 Å².